The van der Waals surface area contributed by atoms with Gasteiger partial charge in [-0.2, -0.15) is 0 Å². The van der Waals surface area contributed by atoms with Gasteiger partial charge in [0.15, 0.2) is 0 Å². The molecule has 0 spiro atoms. The van der Waals surface area contributed by atoms with Gasteiger partial charge in [-0.25, -0.2) is 0 Å². The van der Waals surface area contributed by atoms with Crippen molar-refractivity contribution in [2.75, 3.05) is 6.54 Å². The third kappa shape index (κ3) is 3.09. The summed E-state index contributed by atoms with van der Waals surface area (Å²) in [5.74, 6) is 0. The molecular formula is C18H19N3. The molecule has 106 valence electrons. The molecule has 2 aromatic heterocycles. The monoisotopic (exact) mass is 277 g/mol. The van der Waals surface area contributed by atoms with E-state index in [1.54, 1.807) is 0 Å². The standard InChI is InChI=1S/C18H19N3/c1-2-20-18(13-14-8-11-19-12-9-14)16-5-3-7-17-15(16)6-4-10-21-17/h3-12,18,20H,2,13H2,1H3. The quantitative estimate of drug-likeness (QED) is 0.775. The van der Waals surface area contributed by atoms with E-state index in [0.29, 0.717) is 0 Å². The van der Waals surface area contributed by atoms with Gasteiger partial charge in [-0.15, -0.1) is 0 Å². The van der Waals surface area contributed by atoms with Crippen LogP contribution in [0, 0.1) is 0 Å². The van der Waals surface area contributed by atoms with E-state index >= 15 is 0 Å². The number of rotatable bonds is 5. The van der Waals surface area contributed by atoms with Gasteiger partial charge in [0.25, 0.3) is 0 Å². The zero-order valence-corrected chi connectivity index (χ0v) is 12.2. The summed E-state index contributed by atoms with van der Waals surface area (Å²) in [5.41, 5.74) is 3.64. The van der Waals surface area contributed by atoms with Crippen LogP contribution in [0.25, 0.3) is 10.9 Å². The molecule has 3 heteroatoms. The third-order valence-corrected chi connectivity index (χ3v) is 3.69. The molecule has 1 aromatic carbocycles. The molecule has 0 saturated carbocycles. The molecule has 3 rings (SSSR count). The Kier molecular flexibility index (Phi) is 4.22. The molecular weight excluding hydrogens is 258 g/mol. The lowest BCUT2D eigenvalue weighted by Crippen LogP contribution is -2.23. The minimum atomic E-state index is 0.283. The minimum absolute atomic E-state index is 0.283. The van der Waals surface area contributed by atoms with Gasteiger partial charge in [-0.3, -0.25) is 9.97 Å². The molecule has 0 aliphatic rings. The number of hydrogen-bond acceptors (Lipinski definition) is 3. The number of hydrogen-bond donors (Lipinski definition) is 1. The number of nitrogens with one attached hydrogen (secondary N) is 1. The molecule has 1 N–H and O–H groups in total. The van der Waals surface area contributed by atoms with Crippen molar-refractivity contribution in [2.45, 2.75) is 19.4 Å². The number of fused-ring (bicyclic) bond motifs is 1. The second kappa shape index (κ2) is 6.46. The van der Waals surface area contributed by atoms with Gasteiger partial charge in [-0.05, 0) is 48.4 Å². The van der Waals surface area contributed by atoms with Crippen LogP contribution in [0.1, 0.15) is 24.1 Å². The summed E-state index contributed by atoms with van der Waals surface area (Å²) in [7, 11) is 0. The molecule has 0 amide bonds. The summed E-state index contributed by atoms with van der Waals surface area (Å²) in [6.07, 6.45) is 6.49. The highest BCUT2D eigenvalue weighted by Gasteiger charge is 2.14. The Balaban J connectivity index is 1.99. The fourth-order valence-corrected chi connectivity index (χ4v) is 2.72. The molecule has 0 saturated heterocycles. The topological polar surface area (TPSA) is 37.8 Å². The van der Waals surface area contributed by atoms with Crippen LogP contribution < -0.4 is 5.32 Å². The lowest BCUT2D eigenvalue weighted by Gasteiger charge is -2.20. The molecule has 0 radical (unpaired) electrons. The van der Waals surface area contributed by atoms with Crippen molar-refractivity contribution in [3.63, 3.8) is 0 Å². The molecule has 3 nitrogen and oxygen atoms in total. The van der Waals surface area contributed by atoms with E-state index in [1.807, 2.05) is 24.7 Å². The smallest absolute Gasteiger partial charge is 0.0705 e. The van der Waals surface area contributed by atoms with Crippen LogP contribution in [0.2, 0.25) is 0 Å². The van der Waals surface area contributed by atoms with Gasteiger partial charge in [0.05, 0.1) is 5.52 Å². The summed E-state index contributed by atoms with van der Waals surface area (Å²) in [4.78, 5) is 8.54. The van der Waals surface area contributed by atoms with Crippen LogP contribution in [0.15, 0.2) is 61.1 Å². The summed E-state index contributed by atoms with van der Waals surface area (Å²) in [6.45, 7) is 3.08. The normalized spacial score (nSPS) is 12.4. The molecule has 1 atom stereocenters. The van der Waals surface area contributed by atoms with Crippen molar-refractivity contribution < 1.29 is 0 Å². The van der Waals surface area contributed by atoms with Crippen LogP contribution in [-0.2, 0) is 6.42 Å². The Bertz CT molecular complexity index is 704. The predicted molar refractivity (Wildman–Crippen MR) is 86.1 cm³/mol. The first kappa shape index (κ1) is 13.7. The summed E-state index contributed by atoms with van der Waals surface area (Å²) in [5, 5.41) is 4.81. The lowest BCUT2D eigenvalue weighted by molar-refractivity contribution is 0.553. The first-order valence-corrected chi connectivity index (χ1v) is 7.34. The van der Waals surface area contributed by atoms with Crippen molar-refractivity contribution in [3.8, 4) is 0 Å². The van der Waals surface area contributed by atoms with Gasteiger partial charge in [0.1, 0.15) is 0 Å². The van der Waals surface area contributed by atoms with Crippen LogP contribution in [0.5, 0.6) is 0 Å². The van der Waals surface area contributed by atoms with E-state index in [0.717, 1.165) is 18.5 Å². The Morgan fingerprint density at radius 2 is 1.86 bits per heavy atom. The number of pyridine rings is 2. The van der Waals surface area contributed by atoms with Crippen LogP contribution in [-0.4, -0.2) is 16.5 Å². The Morgan fingerprint density at radius 1 is 1.00 bits per heavy atom. The van der Waals surface area contributed by atoms with E-state index in [-0.39, 0.29) is 6.04 Å². The van der Waals surface area contributed by atoms with Gasteiger partial charge in [0, 0.05) is 30.0 Å². The second-order valence-electron chi connectivity index (χ2n) is 5.09. The Hall–Kier alpha value is -2.26. The molecule has 0 aliphatic carbocycles. The average molecular weight is 277 g/mol. The molecule has 0 bridgehead atoms. The third-order valence-electron chi connectivity index (χ3n) is 3.69. The maximum atomic E-state index is 4.45. The number of likely N-dealkylation sites (N-methyl/N-ethyl adjacent to an activating group) is 1. The molecule has 1 unspecified atom stereocenters. The molecule has 2 heterocycles. The van der Waals surface area contributed by atoms with Gasteiger partial charge < -0.3 is 5.32 Å². The zero-order chi connectivity index (χ0) is 14.5. The average Bonchev–Trinajstić information content (AvgIpc) is 2.55. The molecule has 0 fully saturated rings. The minimum Gasteiger partial charge on any atom is -0.310 e. The van der Waals surface area contributed by atoms with Crippen molar-refractivity contribution in [3.05, 3.63) is 72.2 Å². The van der Waals surface area contributed by atoms with Gasteiger partial charge >= 0.3 is 0 Å². The van der Waals surface area contributed by atoms with Crippen LogP contribution in [0.4, 0.5) is 0 Å². The SMILES string of the molecule is CCNC(Cc1ccncc1)c1cccc2ncccc12. The summed E-state index contributed by atoms with van der Waals surface area (Å²) < 4.78 is 0. The second-order valence-corrected chi connectivity index (χ2v) is 5.09. The van der Waals surface area contributed by atoms with Crippen LogP contribution in [0.3, 0.4) is 0 Å². The molecule has 0 aliphatic heterocycles. The zero-order valence-electron chi connectivity index (χ0n) is 12.2. The van der Waals surface area contributed by atoms with Crippen molar-refractivity contribution in [2.24, 2.45) is 0 Å². The van der Waals surface area contributed by atoms with Crippen molar-refractivity contribution >= 4 is 10.9 Å². The Morgan fingerprint density at radius 3 is 2.67 bits per heavy atom. The first-order valence-electron chi connectivity index (χ1n) is 7.34. The highest BCUT2D eigenvalue weighted by molar-refractivity contribution is 5.82. The lowest BCUT2D eigenvalue weighted by atomic mass is 9.96. The maximum Gasteiger partial charge on any atom is 0.0705 e. The van der Waals surface area contributed by atoms with Crippen molar-refractivity contribution in [1.82, 2.24) is 15.3 Å². The van der Waals surface area contributed by atoms with E-state index < -0.39 is 0 Å². The van der Waals surface area contributed by atoms with Gasteiger partial charge in [-0.1, -0.05) is 25.1 Å². The highest BCUT2D eigenvalue weighted by atomic mass is 14.9. The first-order chi connectivity index (χ1) is 10.4. The Labute approximate surface area is 125 Å². The predicted octanol–water partition coefficient (Wildman–Crippen LogP) is 3.52. The van der Waals surface area contributed by atoms with E-state index in [9.17, 15) is 0 Å². The van der Waals surface area contributed by atoms with E-state index in [2.05, 4.69) is 58.6 Å². The van der Waals surface area contributed by atoms with Gasteiger partial charge in [0.2, 0.25) is 0 Å². The number of benzene rings is 1. The fraction of sp³-hybridized carbons (Fsp3) is 0.222. The number of nitrogens with zero attached hydrogens (tertiary/aromatic N) is 2. The highest BCUT2D eigenvalue weighted by Crippen LogP contribution is 2.25. The summed E-state index contributed by atoms with van der Waals surface area (Å²) in [6, 6.07) is 14.9. The van der Waals surface area contributed by atoms with Crippen LogP contribution >= 0.6 is 0 Å². The van der Waals surface area contributed by atoms with Crippen molar-refractivity contribution in [1.29, 1.82) is 0 Å². The van der Waals surface area contributed by atoms with E-state index in [4.69, 9.17) is 0 Å². The maximum absolute atomic E-state index is 4.45. The summed E-state index contributed by atoms with van der Waals surface area (Å²) >= 11 is 0. The fourth-order valence-electron chi connectivity index (χ4n) is 2.72. The molecule has 21 heavy (non-hydrogen) atoms. The van der Waals surface area contributed by atoms with E-state index in [1.165, 1.54) is 16.5 Å². The largest absolute Gasteiger partial charge is 0.310 e. The number of aromatic nitrogens is 2. The molecule has 3 aromatic rings.